The van der Waals surface area contributed by atoms with Gasteiger partial charge in [0.15, 0.2) is 0 Å². The van der Waals surface area contributed by atoms with E-state index in [2.05, 4.69) is 48.3 Å². The maximum atomic E-state index is 3.54. The van der Waals surface area contributed by atoms with Crippen LogP contribution in [0.2, 0.25) is 0 Å². The van der Waals surface area contributed by atoms with E-state index in [-0.39, 0.29) is 0 Å². The van der Waals surface area contributed by atoms with Gasteiger partial charge in [0.25, 0.3) is 0 Å². The van der Waals surface area contributed by atoms with Crippen LogP contribution >= 0.6 is 11.8 Å². The van der Waals surface area contributed by atoms with Crippen molar-refractivity contribution in [3.05, 3.63) is 35.4 Å². The van der Waals surface area contributed by atoms with Gasteiger partial charge in [-0.3, -0.25) is 0 Å². The van der Waals surface area contributed by atoms with Gasteiger partial charge in [-0.05, 0) is 37.4 Å². The normalized spacial score (nSPS) is 20.7. The van der Waals surface area contributed by atoms with Crippen molar-refractivity contribution in [3.8, 4) is 0 Å². The molecule has 1 N–H and O–H groups in total. The molecule has 0 bridgehead atoms. The molecular weight excluding hydrogens is 202 g/mol. The van der Waals surface area contributed by atoms with E-state index in [1.165, 1.54) is 36.3 Å². The highest BCUT2D eigenvalue weighted by atomic mass is 32.2. The molecule has 0 saturated carbocycles. The Morgan fingerprint density at radius 3 is 3.00 bits per heavy atom. The number of rotatable bonds is 4. The van der Waals surface area contributed by atoms with E-state index in [1.807, 2.05) is 0 Å². The highest BCUT2D eigenvalue weighted by Gasteiger charge is 2.13. The van der Waals surface area contributed by atoms with E-state index in [0.29, 0.717) is 0 Å². The van der Waals surface area contributed by atoms with Crippen LogP contribution < -0.4 is 5.32 Å². The van der Waals surface area contributed by atoms with Crippen LogP contribution in [0.1, 0.15) is 24.0 Å². The third-order valence-corrected chi connectivity index (χ3v) is 4.15. The summed E-state index contributed by atoms with van der Waals surface area (Å²) in [7, 11) is 0. The minimum atomic E-state index is 0.763. The summed E-state index contributed by atoms with van der Waals surface area (Å²) in [5, 5.41) is 3.54. The van der Waals surface area contributed by atoms with Gasteiger partial charge in [-0.1, -0.05) is 24.3 Å². The second kappa shape index (κ2) is 5.57. The molecule has 2 rings (SSSR count). The second-order valence-electron chi connectivity index (χ2n) is 4.23. The summed E-state index contributed by atoms with van der Waals surface area (Å²) in [5.41, 5.74) is 2.91. The van der Waals surface area contributed by atoms with Crippen LogP contribution in [0.5, 0.6) is 0 Å². The van der Waals surface area contributed by atoms with Crippen LogP contribution in [-0.4, -0.2) is 18.3 Å². The fourth-order valence-corrected chi connectivity index (χ4v) is 3.21. The summed E-state index contributed by atoms with van der Waals surface area (Å²) in [6.07, 6.45) is 2.72. The summed E-state index contributed by atoms with van der Waals surface area (Å²) in [6, 6.07) is 9.45. The van der Waals surface area contributed by atoms with Crippen molar-refractivity contribution < 1.29 is 0 Å². The molecule has 82 valence electrons. The molecule has 1 heterocycles. The van der Waals surface area contributed by atoms with Crippen LogP contribution in [0, 0.1) is 6.92 Å². The van der Waals surface area contributed by atoms with Gasteiger partial charge < -0.3 is 5.32 Å². The summed E-state index contributed by atoms with van der Waals surface area (Å²) in [4.78, 5) is 0. The van der Waals surface area contributed by atoms with Gasteiger partial charge in [0, 0.05) is 17.5 Å². The number of aryl methyl sites for hydroxylation is 1. The van der Waals surface area contributed by atoms with Gasteiger partial charge in [-0.25, -0.2) is 0 Å². The molecule has 1 aliphatic rings. The highest BCUT2D eigenvalue weighted by Crippen LogP contribution is 2.18. The molecule has 1 aliphatic heterocycles. The molecule has 1 atom stereocenters. The third kappa shape index (κ3) is 3.25. The first-order chi connectivity index (χ1) is 7.36. The molecule has 1 aromatic carbocycles. The van der Waals surface area contributed by atoms with Crippen LogP contribution in [0.25, 0.3) is 0 Å². The fraction of sp³-hybridized carbons (Fsp3) is 0.538. The Hall–Kier alpha value is -0.470. The van der Waals surface area contributed by atoms with Crippen molar-refractivity contribution in [1.82, 2.24) is 5.32 Å². The lowest BCUT2D eigenvalue weighted by molar-refractivity contribution is 0.674. The molecule has 0 aliphatic carbocycles. The molecule has 15 heavy (non-hydrogen) atoms. The summed E-state index contributed by atoms with van der Waals surface area (Å²) >= 11 is 2.06. The first-order valence-corrected chi connectivity index (χ1v) is 6.87. The number of thioether (sulfide) groups is 1. The third-order valence-electron chi connectivity index (χ3n) is 3.00. The monoisotopic (exact) mass is 221 g/mol. The van der Waals surface area contributed by atoms with E-state index < -0.39 is 0 Å². The minimum absolute atomic E-state index is 0.763. The average molecular weight is 221 g/mol. The van der Waals surface area contributed by atoms with Crippen LogP contribution in [0.4, 0.5) is 0 Å². The van der Waals surface area contributed by atoms with Crippen molar-refractivity contribution in [2.24, 2.45) is 0 Å². The van der Waals surface area contributed by atoms with Gasteiger partial charge in [-0.15, -0.1) is 0 Å². The maximum absolute atomic E-state index is 3.54. The molecule has 0 unspecified atom stereocenters. The standard InChI is InChI=1S/C13H19NS/c1-11-5-2-3-6-12(11)9-15-10-13-7-4-8-14-13/h2-3,5-6,13-14H,4,7-10H2,1H3/t13-/m0/s1. The maximum Gasteiger partial charge on any atom is 0.0187 e. The molecule has 0 aromatic heterocycles. The van der Waals surface area contributed by atoms with Gasteiger partial charge >= 0.3 is 0 Å². The van der Waals surface area contributed by atoms with Crippen molar-refractivity contribution >= 4 is 11.8 Å². The van der Waals surface area contributed by atoms with E-state index in [9.17, 15) is 0 Å². The van der Waals surface area contributed by atoms with Gasteiger partial charge in [-0.2, -0.15) is 11.8 Å². The highest BCUT2D eigenvalue weighted by molar-refractivity contribution is 7.98. The zero-order chi connectivity index (χ0) is 10.5. The molecule has 1 nitrogen and oxygen atoms in total. The Bertz CT molecular complexity index is 305. The smallest absolute Gasteiger partial charge is 0.0187 e. The fourth-order valence-electron chi connectivity index (χ4n) is 1.98. The summed E-state index contributed by atoms with van der Waals surface area (Å²) in [6.45, 7) is 3.42. The Morgan fingerprint density at radius 2 is 2.27 bits per heavy atom. The van der Waals surface area contributed by atoms with Crippen molar-refractivity contribution in [3.63, 3.8) is 0 Å². The van der Waals surface area contributed by atoms with E-state index in [4.69, 9.17) is 0 Å². The molecule has 1 aromatic rings. The van der Waals surface area contributed by atoms with E-state index in [0.717, 1.165) is 11.8 Å². The lowest BCUT2D eigenvalue weighted by Gasteiger charge is -2.10. The zero-order valence-corrected chi connectivity index (χ0v) is 10.1. The molecular formula is C13H19NS. The van der Waals surface area contributed by atoms with Gasteiger partial charge in [0.1, 0.15) is 0 Å². The predicted molar refractivity (Wildman–Crippen MR) is 68.4 cm³/mol. The van der Waals surface area contributed by atoms with Crippen molar-refractivity contribution in [2.75, 3.05) is 12.3 Å². The Balaban J connectivity index is 1.75. The molecule has 0 amide bonds. The summed E-state index contributed by atoms with van der Waals surface area (Å²) in [5.74, 6) is 2.42. The Kier molecular flexibility index (Phi) is 4.09. The Morgan fingerprint density at radius 1 is 1.40 bits per heavy atom. The van der Waals surface area contributed by atoms with Crippen LogP contribution in [0.3, 0.4) is 0 Å². The Labute approximate surface area is 96.7 Å². The van der Waals surface area contributed by atoms with Crippen molar-refractivity contribution in [2.45, 2.75) is 31.6 Å². The SMILES string of the molecule is Cc1ccccc1CSC[C@@H]1CCCN1. The van der Waals surface area contributed by atoms with Gasteiger partial charge in [0.05, 0.1) is 0 Å². The topological polar surface area (TPSA) is 12.0 Å². The lowest BCUT2D eigenvalue weighted by atomic mass is 10.1. The first-order valence-electron chi connectivity index (χ1n) is 5.72. The van der Waals surface area contributed by atoms with E-state index >= 15 is 0 Å². The largest absolute Gasteiger partial charge is 0.313 e. The number of hydrogen-bond donors (Lipinski definition) is 1. The quantitative estimate of drug-likeness (QED) is 0.839. The van der Waals surface area contributed by atoms with Crippen LogP contribution in [0.15, 0.2) is 24.3 Å². The number of benzene rings is 1. The molecule has 1 saturated heterocycles. The summed E-state index contributed by atoms with van der Waals surface area (Å²) < 4.78 is 0. The van der Waals surface area contributed by atoms with Crippen LogP contribution in [-0.2, 0) is 5.75 Å². The number of hydrogen-bond acceptors (Lipinski definition) is 2. The van der Waals surface area contributed by atoms with Crippen molar-refractivity contribution in [1.29, 1.82) is 0 Å². The average Bonchev–Trinajstić information content (AvgIpc) is 2.74. The molecule has 2 heteroatoms. The van der Waals surface area contributed by atoms with E-state index in [1.54, 1.807) is 0 Å². The minimum Gasteiger partial charge on any atom is -0.313 e. The first kappa shape index (κ1) is 11.0. The molecule has 1 fully saturated rings. The lowest BCUT2D eigenvalue weighted by Crippen LogP contribution is -2.23. The molecule has 0 spiro atoms. The number of nitrogens with one attached hydrogen (secondary N) is 1. The molecule has 0 radical (unpaired) electrons. The predicted octanol–water partition coefficient (Wildman–Crippen LogP) is 2.98. The second-order valence-corrected chi connectivity index (χ2v) is 5.27. The van der Waals surface area contributed by atoms with Gasteiger partial charge in [0.2, 0.25) is 0 Å². The zero-order valence-electron chi connectivity index (χ0n) is 9.33.